The Morgan fingerprint density at radius 1 is 0.757 bits per heavy atom. The highest BCUT2D eigenvalue weighted by Gasteiger charge is 2.31. The minimum Gasteiger partial charge on any atom is -0.235 e. The smallest absolute Gasteiger partial charge is 0.235 e. The Balaban J connectivity index is 1.82. The van der Waals surface area contributed by atoms with Gasteiger partial charge >= 0.3 is 0 Å². The number of imidazole rings is 1. The van der Waals surface area contributed by atoms with E-state index >= 15 is 0 Å². The number of nitrogens with zero attached hydrogens (tertiary/aromatic N) is 1. The van der Waals surface area contributed by atoms with Gasteiger partial charge < -0.3 is 0 Å². The number of para-hydroxylation sites is 1. The van der Waals surface area contributed by atoms with Crippen LogP contribution < -0.4 is 13.6 Å². The topological polar surface area (TPSA) is 19.7 Å². The van der Waals surface area contributed by atoms with Gasteiger partial charge in [0.05, 0.1) is 31.1 Å². The van der Waals surface area contributed by atoms with Crippen molar-refractivity contribution in [3.05, 3.63) is 78.9 Å². The molecule has 0 fully saturated rings. The molecule has 0 saturated heterocycles. The molecule has 0 radical (unpaired) electrons. The first-order valence-corrected chi connectivity index (χ1v) is 21.5. The molecule has 0 aliphatic rings. The van der Waals surface area contributed by atoms with E-state index in [9.17, 15) is 0 Å². The largest absolute Gasteiger partial charge is 0.292 e. The van der Waals surface area contributed by atoms with Gasteiger partial charge in [0.15, 0.2) is 11.0 Å². The second kappa shape index (κ2) is 8.63. The van der Waals surface area contributed by atoms with Gasteiger partial charge in [-0.2, -0.15) is 4.57 Å². The monoisotopic (exact) mass is 553 g/mol. The molecule has 6 rings (SSSR count). The molecular weight excluding hydrogens is 521 g/mol. The summed E-state index contributed by atoms with van der Waals surface area (Å²) in [5, 5.41) is 2.75. The van der Waals surface area contributed by atoms with Crippen molar-refractivity contribution in [2.45, 2.75) is 39.3 Å². The summed E-state index contributed by atoms with van der Waals surface area (Å²) < 4.78 is 8.48. The molecule has 0 amide bonds. The van der Waals surface area contributed by atoms with Crippen LogP contribution in [0.4, 0.5) is 0 Å². The molecule has 6 aromatic rings. The molecule has 3 aromatic carbocycles. The maximum absolute atomic E-state index is 3.94. The number of thiophene rings is 2. The number of benzene rings is 3. The van der Waals surface area contributed by atoms with Crippen LogP contribution in [-0.4, -0.2) is 21.1 Å². The molecule has 186 valence electrons. The third-order valence-corrected chi connectivity index (χ3v) is 16.6. The quantitative estimate of drug-likeness (QED) is 0.164. The van der Waals surface area contributed by atoms with E-state index in [4.69, 9.17) is 0 Å². The third kappa shape index (κ3) is 4.07. The molecule has 3 heterocycles. The van der Waals surface area contributed by atoms with E-state index in [1.807, 2.05) is 28.7 Å². The van der Waals surface area contributed by atoms with Gasteiger partial charge in [-0.25, -0.2) is 4.98 Å². The summed E-state index contributed by atoms with van der Waals surface area (Å²) in [5.74, 6) is 1.12. The molecular formula is C31H33N2S2Si2+. The van der Waals surface area contributed by atoms with E-state index in [0.717, 1.165) is 11.4 Å². The normalized spacial score (nSPS) is 12.7. The van der Waals surface area contributed by atoms with Crippen LogP contribution >= 0.6 is 22.7 Å². The van der Waals surface area contributed by atoms with Crippen LogP contribution in [0.5, 0.6) is 0 Å². The van der Waals surface area contributed by atoms with Gasteiger partial charge in [-0.3, -0.25) is 0 Å². The fourth-order valence-corrected chi connectivity index (χ4v) is 11.1. The van der Waals surface area contributed by atoms with E-state index in [0.29, 0.717) is 0 Å². The SMILES string of the molecule is C=Cc1ccc(-c2[nH]c3c4cc([Si](C)(C)C)sc4c4sc([Si](C)(C)C)cc4c3[n+]2-c2ccccc2)cc1. The maximum Gasteiger partial charge on any atom is 0.292 e. The van der Waals surface area contributed by atoms with Crippen molar-refractivity contribution in [2.75, 3.05) is 0 Å². The third-order valence-electron chi connectivity index (χ3n) is 7.03. The van der Waals surface area contributed by atoms with Crippen LogP contribution in [0.15, 0.2) is 73.3 Å². The standard InChI is InChI=1S/C31H32N2S2Si2/c1-8-20-14-16-21(17-15-20)31-32-27-23-18-25(36(2,3)4)34-29(23)30-24(19-26(35-30)37(5,6)7)28(27)33(31)22-12-10-9-11-13-22/h8-19H,1H2,2-7H3/p+1. The van der Waals surface area contributed by atoms with Crippen molar-refractivity contribution in [1.29, 1.82) is 0 Å². The number of hydrogen-bond acceptors (Lipinski definition) is 2. The van der Waals surface area contributed by atoms with E-state index in [1.165, 1.54) is 42.5 Å². The van der Waals surface area contributed by atoms with Crippen LogP contribution in [0.1, 0.15) is 5.56 Å². The van der Waals surface area contributed by atoms with E-state index in [2.05, 4.69) is 122 Å². The summed E-state index contributed by atoms with van der Waals surface area (Å²) >= 11 is 4.07. The molecule has 0 atom stereocenters. The van der Waals surface area contributed by atoms with Gasteiger partial charge in [0, 0.05) is 10.8 Å². The number of aromatic amines is 1. The number of hydrogen-bond donors (Lipinski definition) is 1. The summed E-state index contributed by atoms with van der Waals surface area (Å²) in [4.78, 5) is 3.94. The summed E-state index contributed by atoms with van der Waals surface area (Å²) in [6.45, 7) is 18.7. The lowest BCUT2D eigenvalue weighted by atomic mass is 10.1. The van der Waals surface area contributed by atoms with Gasteiger partial charge in [0.25, 0.3) is 5.82 Å². The lowest BCUT2D eigenvalue weighted by Crippen LogP contribution is -2.35. The molecule has 0 spiro atoms. The van der Waals surface area contributed by atoms with Crippen molar-refractivity contribution < 1.29 is 4.57 Å². The first-order chi connectivity index (χ1) is 17.6. The van der Waals surface area contributed by atoms with Crippen molar-refractivity contribution in [3.63, 3.8) is 0 Å². The van der Waals surface area contributed by atoms with Crippen molar-refractivity contribution in [3.8, 4) is 17.1 Å². The summed E-state index contributed by atoms with van der Waals surface area (Å²) in [5.41, 5.74) is 6.02. The Bertz CT molecular complexity index is 1790. The minimum absolute atomic E-state index is 1.12. The molecule has 0 unspecified atom stereocenters. The zero-order valence-electron chi connectivity index (χ0n) is 22.4. The lowest BCUT2D eigenvalue weighted by molar-refractivity contribution is -0.553. The fraction of sp³-hybridized carbons (Fsp3) is 0.194. The van der Waals surface area contributed by atoms with Crippen LogP contribution in [0, 0.1) is 0 Å². The zero-order chi connectivity index (χ0) is 26.1. The van der Waals surface area contributed by atoms with E-state index < -0.39 is 16.1 Å². The Morgan fingerprint density at radius 2 is 1.32 bits per heavy atom. The predicted octanol–water partition coefficient (Wildman–Crippen LogP) is 8.27. The van der Waals surface area contributed by atoms with E-state index in [1.54, 1.807) is 9.00 Å². The van der Waals surface area contributed by atoms with Crippen LogP contribution in [0.25, 0.3) is 54.4 Å². The van der Waals surface area contributed by atoms with Crippen LogP contribution in [-0.2, 0) is 0 Å². The number of fused-ring (bicyclic) bond motifs is 6. The number of rotatable bonds is 5. The molecule has 6 heteroatoms. The fourth-order valence-electron chi connectivity index (χ4n) is 4.94. The van der Waals surface area contributed by atoms with Crippen LogP contribution in [0.3, 0.4) is 0 Å². The maximum atomic E-state index is 3.94. The zero-order valence-corrected chi connectivity index (χ0v) is 26.0. The van der Waals surface area contributed by atoms with Gasteiger partial charge in [0.2, 0.25) is 0 Å². The molecule has 0 saturated carbocycles. The molecule has 3 aromatic heterocycles. The number of H-pyrrole nitrogens is 1. The second-order valence-electron chi connectivity index (χ2n) is 11.9. The van der Waals surface area contributed by atoms with E-state index in [-0.39, 0.29) is 0 Å². The minimum atomic E-state index is -1.48. The highest BCUT2D eigenvalue weighted by molar-refractivity contribution is 7.37. The Kier molecular flexibility index (Phi) is 5.73. The van der Waals surface area contributed by atoms with Gasteiger partial charge in [-0.15, -0.1) is 22.7 Å². The predicted molar refractivity (Wildman–Crippen MR) is 172 cm³/mol. The molecule has 0 aliphatic carbocycles. The average Bonchev–Trinajstić information content (AvgIpc) is 3.58. The van der Waals surface area contributed by atoms with Crippen molar-refractivity contribution in [1.82, 2.24) is 4.98 Å². The molecule has 0 aliphatic heterocycles. The summed E-state index contributed by atoms with van der Waals surface area (Å²) in [6.07, 6.45) is 1.90. The second-order valence-corrected chi connectivity index (χ2v) is 24.8. The lowest BCUT2D eigenvalue weighted by Gasteiger charge is -2.12. The summed E-state index contributed by atoms with van der Waals surface area (Å²) in [6, 6.07) is 24.5. The first kappa shape index (κ1) is 24.6. The summed E-state index contributed by atoms with van der Waals surface area (Å²) in [7, 11) is -2.95. The van der Waals surface area contributed by atoms with Crippen molar-refractivity contribution in [2.24, 2.45) is 0 Å². The number of aromatic nitrogens is 2. The highest BCUT2D eigenvalue weighted by Crippen LogP contribution is 2.40. The van der Waals surface area contributed by atoms with Crippen molar-refractivity contribution >= 4 is 85.1 Å². The van der Waals surface area contributed by atoms with Gasteiger partial charge in [-0.05, 0) is 51.0 Å². The van der Waals surface area contributed by atoms with Gasteiger partial charge in [0.1, 0.15) is 5.69 Å². The van der Waals surface area contributed by atoms with Gasteiger partial charge in [-0.1, -0.05) is 82.3 Å². The molecule has 0 bridgehead atoms. The first-order valence-electron chi connectivity index (χ1n) is 12.8. The Hall–Kier alpha value is -2.78. The highest BCUT2D eigenvalue weighted by atomic mass is 32.1. The Morgan fingerprint density at radius 3 is 1.89 bits per heavy atom. The molecule has 1 N–H and O–H groups in total. The average molecular weight is 554 g/mol. The molecule has 2 nitrogen and oxygen atoms in total. The molecule has 37 heavy (non-hydrogen) atoms. The number of nitrogens with one attached hydrogen (secondary N) is 1. The Labute approximate surface area is 229 Å². The van der Waals surface area contributed by atoms with Crippen LogP contribution in [0.2, 0.25) is 39.3 Å².